The van der Waals surface area contributed by atoms with Crippen molar-refractivity contribution in [3.8, 4) is 0 Å². The molecule has 1 unspecified atom stereocenters. The molecule has 3 N–H and O–H groups in total. The van der Waals surface area contributed by atoms with Crippen LogP contribution in [-0.2, 0) is 11.2 Å². The van der Waals surface area contributed by atoms with Crippen molar-refractivity contribution in [3.63, 3.8) is 0 Å². The van der Waals surface area contributed by atoms with Crippen molar-refractivity contribution in [3.05, 3.63) is 16.1 Å². The first-order valence-corrected chi connectivity index (χ1v) is 7.59. The summed E-state index contributed by atoms with van der Waals surface area (Å²) >= 11 is 1.59. The third kappa shape index (κ3) is 4.80. The van der Waals surface area contributed by atoms with Gasteiger partial charge in [-0.05, 0) is 25.7 Å². The number of rotatable bonds is 7. The van der Waals surface area contributed by atoms with Crippen molar-refractivity contribution in [2.24, 2.45) is 5.92 Å². The molecule has 1 aliphatic rings. The lowest BCUT2D eigenvalue weighted by Gasteiger charge is -2.16. The number of nitrogens with zero attached hydrogens (tertiary/aromatic N) is 1. The largest absolute Gasteiger partial charge is 0.481 e. The second-order valence-corrected chi connectivity index (χ2v) is 6.11. The monoisotopic (exact) mass is 297 g/mol. The fourth-order valence-corrected chi connectivity index (χ4v) is 2.72. The third-order valence-electron chi connectivity index (χ3n) is 3.24. The number of hydrogen-bond acceptors (Lipinski definition) is 4. The molecule has 1 atom stereocenters. The molecule has 6 nitrogen and oxygen atoms in total. The molecule has 110 valence electrons. The number of thiazole rings is 1. The van der Waals surface area contributed by atoms with Crippen LogP contribution in [0.3, 0.4) is 0 Å². The van der Waals surface area contributed by atoms with Crippen molar-refractivity contribution < 1.29 is 14.7 Å². The van der Waals surface area contributed by atoms with Gasteiger partial charge in [-0.2, -0.15) is 0 Å². The van der Waals surface area contributed by atoms with E-state index in [1.807, 2.05) is 12.3 Å². The van der Waals surface area contributed by atoms with Gasteiger partial charge >= 0.3 is 12.0 Å². The summed E-state index contributed by atoms with van der Waals surface area (Å²) in [6.45, 7) is 2.44. The molecule has 0 aliphatic heterocycles. The lowest BCUT2D eigenvalue weighted by Crippen LogP contribution is -2.44. The van der Waals surface area contributed by atoms with E-state index in [9.17, 15) is 9.59 Å². The Kier molecular flexibility index (Phi) is 4.94. The van der Waals surface area contributed by atoms with Crippen LogP contribution in [-0.4, -0.2) is 34.7 Å². The van der Waals surface area contributed by atoms with E-state index in [0.717, 1.165) is 23.5 Å². The summed E-state index contributed by atoms with van der Waals surface area (Å²) in [7, 11) is 0. The highest BCUT2D eigenvalue weighted by Crippen LogP contribution is 2.33. The van der Waals surface area contributed by atoms with Crippen molar-refractivity contribution in [1.82, 2.24) is 15.6 Å². The minimum atomic E-state index is -0.875. The molecule has 20 heavy (non-hydrogen) atoms. The smallest absolute Gasteiger partial charge is 0.315 e. The fourth-order valence-electron chi connectivity index (χ4n) is 2.07. The van der Waals surface area contributed by atoms with Gasteiger partial charge in [0.05, 0.1) is 17.1 Å². The molecule has 0 spiro atoms. The highest BCUT2D eigenvalue weighted by Gasteiger charge is 2.33. The van der Waals surface area contributed by atoms with E-state index >= 15 is 0 Å². The molecule has 1 aromatic heterocycles. The van der Waals surface area contributed by atoms with Gasteiger partial charge in [0, 0.05) is 24.4 Å². The maximum Gasteiger partial charge on any atom is 0.315 e. The molecule has 2 rings (SSSR count). The summed E-state index contributed by atoms with van der Waals surface area (Å²) < 4.78 is 0. The minimum absolute atomic E-state index is 0.0105. The lowest BCUT2D eigenvalue weighted by molar-refractivity contribution is -0.137. The summed E-state index contributed by atoms with van der Waals surface area (Å²) in [6, 6.07) is -0.552. The number of amides is 2. The van der Waals surface area contributed by atoms with E-state index < -0.39 is 5.97 Å². The van der Waals surface area contributed by atoms with E-state index in [2.05, 4.69) is 15.6 Å². The molecule has 0 radical (unpaired) electrons. The molecule has 0 bridgehead atoms. The Morgan fingerprint density at radius 2 is 2.30 bits per heavy atom. The summed E-state index contributed by atoms with van der Waals surface area (Å²) in [6.07, 6.45) is 2.67. The Balaban J connectivity index is 1.69. The van der Waals surface area contributed by atoms with Gasteiger partial charge in [-0.3, -0.25) is 4.79 Å². The van der Waals surface area contributed by atoms with Crippen molar-refractivity contribution in [1.29, 1.82) is 0 Å². The Morgan fingerprint density at radius 1 is 1.55 bits per heavy atom. The van der Waals surface area contributed by atoms with Crippen LogP contribution >= 0.6 is 11.3 Å². The van der Waals surface area contributed by atoms with Crippen LogP contribution in [0.1, 0.15) is 30.0 Å². The fraction of sp³-hybridized carbons (Fsp3) is 0.615. The third-order valence-corrected chi connectivity index (χ3v) is 4.06. The lowest BCUT2D eigenvalue weighted by atomic mass is 10.1. The molecule has 7 heteroatoms. The van der Waals surface area contributed by atoms with E-state index in [1.54, 1.807) is 11.3 Å². The highest BCUT2D eigenvalue weighted by molar-refractivity contribution is 7.09. The Bertz CT molecular complexity index is 485. The maximum absolute atomic E-state index is 11.7. The number of carbonyl (C=O) groups is 2. The van der Waals surface area contributed by atoms with Crippen molar-refractivity contribution in [2.45, 2.75) is 38.6 Å². The van der Waals surface area contributed by atoms with Gasteiger partial charge in [-0.1, -0.05) is 0 Å². The summed E-state index contributed by atoms with van der Waals surface area (Å²) in [4.78, 5) is 26.8. The number of carbonyl (C=O) groups excluding carboxylic acids is 1. The molecule has 1 aliphatic carbocycles. The van der Waals surface area contributed by atoms with Gasteiger partial charge < -0.3 is 15.7 Å². The topological polar surface area (TPSA) is 91.3 Å². The molecular formula is C13H19N3O3S. The first-order valence-electron chi connectivity index (χ1n) is 6.71. The van der Waals surface area contributed by atoms with Gasteiger partial charge in [0.25, 0.3) is 0 Å². The molecule has 1 saturated carbocycles. The molecule has 1 fully saturated rings. The molecule has 1 aromatic rings. The SMILES string of the molecule is Cc1nc(CCNC(=O)NC(CC(=O)O)C2CC2)cs1. The van der Waals surface area contributed by atoms with Gasteiger partial charge in [0.1, 0.15) is 0 Å². The first-order chi connectivity index (χ1) is 9.54. The number of aryl methyl sites for hydroxylation is 1. The van der Waals surface area contributed by atoms with Crippen molar-refractivity contribution in [2.75, 3.05) is 6.54 Å². The van der Waals surface area contributed by atoms with Crippen LogP contribution in [0.4, 0.5) is 4.79 Å². The van der Waals surface area contributed by atoms with E-state index in [4.69, 9.17) is 5.11 Å². The van der Waals surface area contributed by atoms with Crippen LogP contribution in [0.2, 0.25) is 0 Å². The minimum Gasteiger partial charge on any atom is -0.481 e. The highest BCUT2D eigenvalue weighted by atomic mass is 32.1. The standard InChI is InChI=1S/C13H19N3O3S/c1-8-15-10(7-20-8)4-5-14-13(19)16-11(6-12(17)18)9-2-3-9/h7,9,11H,2-6H2,1H3,(H,17,18)(H2,14,16,19). The van der Waals surface area contributed by atoms with Crippen molar-refractivity contribution >= 4 is 23.3 Å². The van der Waals surface area contributed by atoms with E-state index in [-0.39, 0.29) is 18.5 Å². The zero-order chi connectivity index (χ0) is 14.5. The average Bonchev–Trinajstić information content (AvgIpc) is 3.12. The second-order valence-electron chi connectivity index (χ2n) is 5.05. The number of aromatic nitrogens is 1. The predicted octanol–water partition coefficient (Wildman–Crippen LogP) is 1.55. The number of hydrogen-bond donors (Lipinski definition) is 3. The number of urea groups is 1. The van der Waals surface area contributed by atoms with Crippen LogP contribution in [0, 0.1) is 12.8 Å². The van der Waals surface area contributed by atoms with Crippen LogP contribution in [0.5, 0.6) is 0 Å². The molecule has 1 heterocycles. The van der Waals surface area contributed by atoms with Gasteiger partial charge in [0.15, 0.2) is 0 Å². The summed E-state index contributed by atoms with van der Waals surface area (Å²) in [5.74, 6) is -0.557. The van der Waals surface area contributed by atoms with E-state index in [1.165, 1.54) is 0 Å². The quantitative estimate of drug-likeness (QED) is 0.712. The summed E-state index contributed by atoms with van der Waals surface area (Å²) in [5, 5.41) is 17.3. The van der Waals surface area contributed by atoms with Crippen LogP contribution in [0.25, 0.3) is 0 Å². The molecular weight excluding hydrogens is 278 g/mol. The normalized spacial score (nSPS) is 15.7. The summed E-state index contributed by atoms with van der Waals surface area (Å²) in [5.41, 5.74) is 0.970. The van der Waals surface area contributed by atoms with E-state index in [0.29, 0.717) is 18.9 Å². The zero-order valence-electron chi connectivity index (χ0n) is 11.4. The maximum atomic E-state index is 11.7. The first kappa shape index (κ1) is 14.8. The Morgan fingerprint density at radius 3 is 2.85 bits per heavy atom. The molecule has 0 aromatic carbocycles. The average molecular weight is 297 g/mol. The predicted molar refractivity (Wildman–Crippen MR) is 75.9 cm³/mol. The zero-order valence-corrected chi connectivity index (χ0v) is 12.2. The van der Waals surface area contributed by atoms with Gasteiger partial charge in [-0.15, -0.1) is 11.3 Å². The van der Waals surface area contributed by atoms with Crippen LogP contribution in [0.15, 0.2) is 5.38 Å². The molecule has 2 amide bonds. The second kappa shape index (κ2) is 6.69. The Hall–Kier alpha value is -1.63. The van der Waals surface area contributed by atoms with Gasteiger partial charge in [-0.25, -0.2) is 9.78 Å². The Labute approximate surface area is 121 Å². The van der Waals surface area contributed by atoms with Crippen LogP contribution < -0.4 is 10.6 Å². The molecule has 0 saturated heterocycles. The number of aliphatic carboxylic acids is 1. The van der Waals surface area contributed by atoms with Gasteiger partial charge in [0.2, 0.25) is 0 Å². The number of carboxylic acid groups (broad SMARTS) is 1. The number of carboxylic acids is 1. The number of nitrogens with one attached hydrogen (secondary N) is 2.